The molecule has 0 aliphatic heterocycles. The standard InChI is InChI=1S/C10H16O2/c1-7-3-4-8(2)9(5-7)6-10(11)12/h6-8H,3-5H2,1-2H3,(H,11,12). The van der Waals surface area contributed by atoms with Gasteiger partial charge >= 0.3 is 5.97 Å². The van der Waals surface area contributed by atoms with E-state index in [1.54, 1.807) is 0 Å². The van der Waals surface area contributed by atoms with Gasteiger partial charge in [-0.15, -0.1) is 0 Å². The molecule has 1 aliphatic rings. The Bertz CT molecular complexity index is 206. The highest BCUT2D eigenvalue weighted by molar-refractivity contribution is 5.80. The highest BCUT2D eigenvalue weighted by Crippen LogP contribution is 2.32. The Morgan fingerprint density at radius 3 is 2.75 bits per heavy atom. The maximum absolute atomic E-state index is 10.4. The first-order valence-electron chi connectivity index (χ1n) is 4.53. The van der Waals surface area contributed by atoms with E-state index in [1.807, 2.05) is 0 Å². The summed E-state index contributed by atoms with van der Waals surface area (Å²) >= 11 is 0. The van der Waals surface area contributed by atoms with E-state index in [9.17, 15) is 4.79 Å². The number of rotatable bonds is 1. The molecule has 0 aromatic heterocycles. The van der Waals surface area contributed by atoms with Crippen molar-refractivity contribution >= 4 is 5.97 Å². The first-order valence-corrected chi connectivity index (χ1v) is 4.53. The average Bonchev–Trinajstić information content (AvgIpc) is 1.96. The van der Waals surface area contributed by atoms with Crippen molar-refractivity contribution in [3.05, 3.63) is 11.6 Å². The molecule has 1 rings (SSSR count). The second kappa shape index (κ2) is 3.74. The van der Waals surface area contributed by atoms with E-state index in [1.165, 1.54) is 12.5 Å². The predicted octanol–water partition coefficient (Wildman–Crippen LogP) is 2.45. The Morgan fingerprint density at radius 2 is 2.17 bits per heavy atom. The number of carboxylic acids is 1. The van der Waals surface area contributed by atoms with E-state index in [0.29, 0.717) is 11.8 Å². The first-order chi connectivity index (χ1) is 5.59. The SMILES string of the molecule is CC1CCC(C)C(=CC(=O)O)C1. The largest absolute Gasteiger partial charge is 0.478 e. The third-order valence-electron chi connectivity index (χ3n) is 2.62. The lowest BCUT2D eigenvalue weighted by Gasteiger charge is -2.26. The van der Waals surface area contributed by atoms with Crippen LogP contribution in [0.5, 0.6) is 0 Å². The summed E-state index contributed by atoms with van der Waals surface area (Å²) in [6, 6.07) is 0. The van der Waals surface area contributed by atoms with Crippen molar-refractivity contribution in [3.8, 4) is 0 Å². The van der Waals surface area contributed by atoms with Crippen LogP contribution in [0.4, 0.5) is 0 Å². The summed E-state index contributed by atoms with van der Waals surface area (Å²) in [5.41, 5.74) is 1.11. The van der Waals surface area contributed by atoms with Gasteiger partial charge in [0, 0.05) is 6.08 Å². The smallest absolute Gasteiger partial charge is 0.328 e. The van der Waals surface area contributed by atoms with Crippen LogP contribution >= 0.6 is 0 Å². The fourth-order valence-electron chi connectivity index (χ4n) is 1.79. The van der Waals surface area contributed by atoms with Gasteiger partial charge in [-0.1, -0.05) is 19.4 Å². The molecule has 1 N–H and O–H groups in total. The molecule has 2 unspecified atom stereocenters. The molecule has 2 heteroatoms. The van der Waals surface area contributed by atoms with Crippen molar-refractivity contribution in [3.63, 3.8) is 0 Å². The average molecular weight is 168 g/mol. The first kappa shape index (κ1) is 9.30. The van der Waals surface area contributed by atoms with Gasteiger partial charge in [0.15, 0.2) is 0 Å². The molecule has 0 bridgehead atoms. The molecule has 0 aromatic carbocycles. The lowest BCUT2D eigenvalue weighted by Crippen LogP contribution is -2.14. The normalized spacial score (nSPS) is 33.7. The third kappa shape index (κ3) is 2.36. The zero-order valence-electron chi connectivity index (χ0n) is 7.71. The van der Waals surface area contributed by atoms with Gasteiger partial charge in [-0.05, 0) is 31.1 Å². The summed E-state index contributed by atoms with van der Waals surface area (Å²) < 4.78 is 0. The van der Waals surface area contributed by atoms with Crippen molar-refractivity contribution < 1.29 is 9.90 Å². The van der Waals surface area contributed by atoms with E-state index in [4.69, 9.17) is 5.11 Å². The molecule has 2 nitrogen and oxygen atoms in total. The Labute approximate surface area is 73.3 Å². The molecule has 0 spiro atoms. The Hall–Kier alpha value is -0.790. The van der Waals surface area contributed by atoms with Gasteiger partial charge in [0.1, 0.15) is 0 Å². The lowest BCUT2D eigenvalue weighted by atomic mass is 9.80. The molecular weight excluding hydrogens is 152 g/mol. The van der Waals surface area contributed by atoms with Crippen LogP contribution in [0.15, 0.2) is 11.6 Å². The molecule has 68 valence electrons. The molecule has 0 radical (unpaired) electrons. The van der Waals surface area contributed by atoms with E-state index < -0.39 is 5.97 Å². The number of aliphatic carboxylic acids is 1. The maximum atomic E-state index is 10.4. The van der Waals surface area contributed by atoms with Crippen LogP contribution in [-0.2, 0) is 4.79 Å². The van der Waals surface area contributed by atoms with Gasteiger partial charge < -0.3 is 5.11 Å². The predicted molar refractivity (Wildman–Crippen MR) is 47.9 cm³/mol. The number of hydrogen-bond donors (Lipinski definition) is 1. The molecule has 2 atom stereocenters. The second-order valence-corrected chi connectivity index (χ2v) is 3.85. The van der Waals surface area contributed by atoms with Crippen LogP contribution in [0.25, 0.3) is 0 Å². The fourth-order valence-corrected chi connectivity index (χ4v) is 1.79. The number of allylic oxidation sites excluding steroid dienone is 1. The van der Waals surface area contributed by atoms with E-state index >= 15 is 0 Å². The summed E-state index contributed by atoms with van der Waals surface area (Å²) in [6.07, 6.45) is 4.73. The molecular formula is C10H16O2. The van der Waals surface area contributed by atoms with Crippen molar-refractivity contribution in [2.75, 3.05) is 0 Å². The minimum Gasteiger partial charge on any atom is -0.478 e. The number of carboxylic acid groups (broad SMARTS) is 1. The summed E-state index contributed by atoms with van der Waals surface area (Å²) in [5.74, 6) is 0.329. The van der Waals surface area contributed by atoms with Crippen molar-refractivity contribution in [2.45, 2.75) is 33.1 Å². The monoisotopic (exact) mass is 168 g/mol. The molecule has 1 saturated carbocycles. The summed E-state index contributed by atoms with van der Waals surface area (Å²) in [4.78, 5) is 10.4. The second-order valence-electron chi connectivity index (χ2n) is 3.85. The fraction of sp³-hybridized carbons (Fsp3) is 0.700. The maximum Gasteiger partial charge on any atom is 0.328 e. The van der Waals surface area contributed by atoms with Gasteiger partial charge in [0.25, 0.3) is 0 Å². The van der Waals surface area contributed by atoms with Crippen LogP contribution in [-0.4, -0.2) is 11.1 Å². The zero-order chi connectivity index (χ0) is 9.14. The van der Waals surface area contributed by atoms with Crippen LogP contribution < -0.4 is 0 Å². The van der Waals surface area contributed by atoms with Crippen molar-refractivity contribution in [2.24, 2.45) is 11.8 Å². The summed E-state index contributed by atoms with van der Waals surface area (Å²) in [6.45, 7) is 4.29. The topological polar surface area (TPSA) is 37.3 Å². The summed E-state index contributed by atoms with van der Waals surface area (Å²) in [7, 11) is 0. The lowest BCUT2D eigenvalue weighted by molar-refractivity contribution is -0.131. The van der Waals surface area contributed by atoms with Gasteiger partial charge in [-0.2, -0.15) is 0 Å². The Morgan fingerprint density at radius 1 is 1.50 bits per heavy atom. The summed E-state index contributed by atoms with van der Waals surface area (Å²) in [5, 5.41) is 8.59. The number of hydrogen-bond acceptors (Lipinski definition) is 1. The molecule has 0 saturated heterocycles. The quantitative estimate of drug-likeness (QED) is 0.610. The number of carbonyl (C=O) groups is 1. The molecule has 12 heavy (non-hydrogen) atoms. The highest BCUT2D eigenvalue weighted by Gasteiger charge is 2.19. The van der Waals surface area contributed by atoms with Crippen LogP contribution in [0.1, 0.15) is 33.1 Å². The Kier molecular flexibility index (Phi) is 2.90. The van der Waals surface area contributed by atoms with E-state index in [-0.39, 0.29) is 0 Å². The molecule has 0 aromatic rings. The van der Waals surface area contributed by atoms with Crippen molar-refractivity contribution in [1.82, 2.24) is 0 Å². The Balaban J connectivity index is 2.66. The van der Waals surface area contributed by atoms with Crippen molar-refractivity contribution in [1.29, 1.82) is 0 Å². The van der Waals surface area contributed by atoms with Crippen LogP contribution in [0.3, 0.4) is 0 Å². The van der Waals surface area contributed by atoms with Crippen LogP contribution in [0.2, 0.25) is 0 Å². The van der Waals surface area contributed by atoms with E-state index in [0.717, 1.165) is 18.4 Å². The molecule has 1 fully saturated rings. The highest BCUT2D eigenvalue weighted by atomic mass is 16.4. The van der Waals surface area contributed by atoms with Gasteiger partial charge in [0.05, 0.1) is 0 Å². The molecule has 1 aliphatic carbocycles. The van der Waals surface area contributed by atoms with Gasteiger partial charge in [-0.25, -0.2) is 4.79 Å². The van der Waals surface area contributed by atoms with Crippen LogP contribution in [0, 0.1) is 11.8 Å². The van der Waals surface area contributed by atoms with E-state index in [2.05, 4.69) is 13.8 Å². The minimum atomic E-state index is -0.800. The zero-order valence-corrected chi connectivity index (χ0v) is 7.71. The molecule has 0 amide bonds. The van der Waals surface area contributed by atoms with Gasteiger partial charge in [-0.3, -0.25) is 0 Å². The third-order valence-corrected chi connectivity index (χ3v) is 2.62. The van der Waals surface area contributed by atoms with Gasteiger partial charge in [0.2, 0.25) is 0 Å². The molecule has 0 heterocycles. The minimum absolute atomic E-state index is 0.470.